The van der Waals surface area contributed by atoms with Gasteiger partial charge in [-0.3, -0.25) is 0 Å². The van der Waals surface area contributed by atoms with E-state index in [4.69, 9.17) is 3.63 Å². The molecule has 3 aliphatic carbocycles. The number of halogens is 17. The largest absolute Gasteiger partial charge is 0.460 e. The van der Waals surface area contributed by atoms with Gasteiger partial charge in [-0.2, -0.15) is 83.1 Å². The molecule has 0 aromatic rings. The third-order valence-corrected chi connectivity index (χ3v) is 15.8. The van der Waals surface area contributed by atoms with E-state index in [1.807, 2.05) is 0 Å². The Hall–Kier alpha value is -0.930. The third kappa shape index (κ3) is 5.39. The van der Waals surface area contributed by atoms with Crippen LogP contribution < -0.4 is 0 Å². The highest BCUT2D eigenvalue weighted by molar-refractivity contribution is 8.34. The molecule has 3 rings (SSSR count). The fraction of sp³-hybridized carbons (Fsp3) is 1.00. The van der Waals surface area contributed by atoms with E-state index in [2.05, 4.69) is 0 Å². The van der Waals surface area contributed by atoms with Crippen molar-refractivity contribution < 1.29 is 86.7 Å². The summed E-state index contributed by atoms with van der Waals surface area (Å²) in [6, 6.07) is 0. The average Bonchev–Trinajstić information content (AvgIpc) is 3.69. The lowest BCUT2D eigenvalue weighted by Crippen LogP contribution is -2.75. The summed E-state index contributed by atoms with van der Waals surface area (Å²) in [5.41, 5.74) is 0. The van der Waals surface area contributed by atoms with E-state index >= 15 is 8.78 Å². The molecule has 3 nitrogen and oxygen atoms in total. The number of hydrogen-bond acceptors (Lipinski definition) is 3. The Labute approximate surface area is 247 Å². The molecule has 0 spiro atoms. The second-order valence-electron chi connectivity index (χ2n) is 11.4. The maximum Gasteiger partial charge on any atom is 0.460 e. The van der Waals surface area contributed by atoms with Crippen molar-refractivity contribution in [1.29, 1.82) is 0 Å². The quantitative estimate of drug-likeness (QED) is 0.187. The molecule has 0 amide bonds. The second-order valence-corrected chi connectivity index (χ2v) is 16.8. The lowest BCUT2D eigenvalue weighted by molar-refractivity contribution is -0.458. The van der Waals surface area contributed by atoms with Gasteiger partial charge in [0.1, 0.15) is 0 Å². The fourth-order valence-corrected chi connectivity index (χ4v) is 14.5. The van der Waals surface area contributed by atoms with Gasteiger partial charge in [-0.05, 0) is 38.5 Å². The molecule has 0 bridgehead atoms. The highest BCUT2D eigenvalue weighted by Gasteiger charge is 2.96. The van der Waals surface area contributed by atoms with Gasteiger partial charge in [-0.15, -0.1) is 10.3 Å². The van der Waals surface area contributed by atoms with Crippen molar-refractivity contribution in [2.24, 2.45) is 0 Å². The number of hydrogen-bond donors (Lipinski definition) is 0. The summed E-state index contributed by atoms with van der Waals surface area (Å²) in [5, 5.41) is -10.3. The van der Waals surface area contributed by atoms with Gasteiger partial charge in [0.25, 0.3) is 0 Å². The van der Waals surface area contributed by atoms with Crippen molar-refractivity contribution in [2.45, 2.75) is 140 Å². The summed E-state index contributed by atoms with van der Waals surface area (Å²) in [6.07, 6.45) is -4.91. The SMILES string of the molecule is O=S(=O)(OS(C1CCCC1)(C1CCCC1)C1CCCC1)C(F)(F)C(F)(F)C(F)(F)C(F)(F)C(F)(F)C(F)(F)C(F)(F)C(F)(F)F. The van der Waals surface area contributed by atoms with Crippen LogP contribution in [0.1, 0.15) is 77.0 Å². The normalized spacial score (nSPS) is 22.5. The zero-order chi connectivity index (χ0) is 34.9. The Morgan fingerprint density at radius 2 is 0.644 bits per heavy atom. The molecule has 22 heteroatoms. The first-order valence-corrected chi connectivity index (χ1v) is 16.6. The first-order valence-electron chi connectivity index (χ1n) is 13.5. The van der Waals surface area contributed by atoms with Gasteiger partial charge in [-0.1, -0.05) is 38.5 Å². The van der Waals surface area contributed by atoms with Crippen LogP contribution in [0, 0.1) is 0 Å². The van der Waals surface area contributed by atoms with E-state index in [0.717, 1.165) is 0 Å². The van der Waals surface area contributed by atoms with Crippen LogP contribution >= 0.6 is 10.3 Å². The van der Waals surface area contributed by atoms with Gasteiger partial charge in [0.05, 0.1) is 0 Å². The Balaban J connectivity index is 2.14. The number of alkyl halides is 17. The molecule has 3 saturated carbocycles. The molecule has 0 aliphatic heterocycles. The Bertz CT molecular complexity index is 1130. The van der Waals surface area contributed by atoms with Crippen LogP contribution in [0.4, 0.5) is 74.6 Å². The summed E-state index contributed by atoms with van der Waals surface area (Å²) < 4.78 is 265. The van der Waals surface area contributed by atoms with Crippen molar-refractivity contribution in [2.75, 3.05) is 0 Å². The maximum atomic E-state index is 15.1. The average molecular weight is 739 g/mol. The molecule has 0 N–H and O–H groups in total. The molecule has 0 saturated heterocycles. The topological polar surface area (TPSA) is 43.4 Å². The van der Waals surface area contributed by atoms with Gasteiger partial charge in [0.15, 0.2) is 0 Å². The van der Waals surface area contributed by atoms with Gasteiger partial charge >= 0.3 is 57.1 Å². The van der Waals surface area contributed by atoms with E-state index in [1.165, 1.54) is 0 Å². The van der Waals surface area contributed by atoms with Crippen LogP contribution in [0.5, 0.6) is 0 Å². The van der Waals surface area contributed by atoms with E-state index in [0.29, 0.717) is 38.5 Å². The highest BCUT2D eigenvalue weighted by atomic mass is 32.3. The van der Waals surface area contributed by atoms with Gasteiger partial charge in [-0.25, -0.2) is 3.63 Å². The first kappa shape index (κ1) is 38.5. The van der Waals surface area contributed by atoms with E-state index < -0.39 is 83.1 Å². The van der Waals surface area contributed by atoms with E-state index in [-0.39, 0.29) is 38.5 Å². The van der Waals surface area contributed by atoms with Crippen molar-refractivity contribution in [1.82, 2.24) is 0 Å². The molecule has 0 aromatic carbocycles. The minimum Gasteiger partial charge on any atom is -0.214 e. The Kier molecular flexibility index (Phi) is 9.93. The zero-order valence-electron chi connectivity index (χ0n) is 22.7. The van der Waals surface area contributed by atoms with Gasteiger partial charge in [0.2, 0.25) is 0 Å². The summed E-state index contributed by atoms with van der Waals surface area (Å²) in [5.74, 6) is -51.7. The Morgan fingerprint density at radius 1 is 0.400 bits per heavy atom. The maximum absolute atomic E-state index is 15.1. The summed E-state index contributed by atoms with van der Waals surface area (Å²) in [4.78, 5) is 0. The molecule has 268 valence electrons. The predicted molar refractivity (Wildman–Crippen MR) is 125 cm³/mol. The van der Waals surface area contributed by atoms with Crippen molar-refractivity contribution >= 4 is 20.4 Å². The zero-order valence-corrected chi connectivity index (χ0v) is 24.3. The van der Waals surface area contributed by atoms with Crippen LogP contribution in [0.3, 0.4) is 0 Å². The van der Waals surface area contributed by atoms with Gasteiger partial charge < -0.3 is 0 Å². The van der Waals surface area contributed by atoms with Crippen molar-refractivity contribution in [3.63, 3.8) is 0 Å². The second kappa shape index (κ2) is 11.6. The summed E-state index contributed by atoms with van der Waals surface area (Å²) in [6.45, 7) is 0. The van der Waals surface area contributed by atoms with Crippen LogP contribution in [-0.2, 0) is 13.7 Å². The monoisotopic (exact) mass is 738 g/mol. The lowest BCUT2D eigenvalue weighted by atomic mass is 9.91. The molecule has 3 fully saturated rings. The van der Waals surface area contributed by atoms with Crippen LogP contribution in [0.2, 0.25) is 0 Å². The van der Waals surface area contributed by atoms with Crippen LogP contribution in [-0.4, -0.2) is 71.1 Å². The molecule has 45 heavy (non-hydrogen) atoms. The molecule has 0 atom stereocenters. The van der Waals surface area contributed by atoms with Gasteiger partial charge in [0, 0.05) is 15.7 Å². The third-order valence-electron chi connectivity index (χ3n) is 8.68. The predicted octanol–water partition coefficient (Wildman–Crippen LogP) is 9.85. The van der Waals surface area contributed by atoms with Crippen molar-refractivity contribution in [3.05, 3.63) is 0 Å². The molecule has 0 aromatic heterocycles. The molecule has 0 radical (unpaired) electrons. The molecule has 3 aliphatic rings. The molecular weight excluding hydrogens is 711 g/mol. The minimum atomic E-state index is -8.85. The number of rotatable bonds is 12. The lowest BCUT2D eigenvalue weighted by Gasteiger charge is -2.53. The summed E-state index contributed by atoms with van der Waals surface area (Å²) >= 11 is 0. The Morgan fingerprint density at radius 3 is 0.911 bits per heavy atom. The van der Waals surface area contributed by atoms with E-state index in [9.17, 15) is 74.3 Å². The van der Waals surface area contributed by atoms with E-state index in [1.54, 1.807) is 0 Å². The van der Waals surface area contributed by atoms with Crippen LogP contribution in [0.15, 0.2) is 0 Å². The molecule has 0 heterocycles. The highest BCUT2D eigenvalue weighted by Crippen LogP contribution is 2.73. The van der Waals surface area contributed by atoms with Crippen molar-refractivity contribution in [3.8, 4) is 0 Å². The molecule has 0 unspecified atom stereocenters. The standard InChI is InChI=1S/C23H27F17O3S2/c24-16(25,18(28,29)20(32,33)22(36,37)38)17(26,27)19(30,31)21(34,35)23(39,40)45(41,42)43-44(13-7-1-2-8-13,14-9-3-4-10-14)15-11-5-6-12-15/h13-15H,1-12H2. The van der Waals surface area contributed by atoms with Crippen LogP contribution in [0.25, 0.3) is 0 Å². The fourth-order valence-electron chi connectivity index (χ4n) is 6.26. The first-order chi connectivity index (χ1) is 20.0. The molecular formula is C23H27F17O3S2. The summed E-state index contributed by atoms with van der Waals surface area (Å²) in [7, 11) is -11.1. The smallest absolute Gasteiger partial charge is 0.214 e. The minimum absolute atomic E-state index is 0.114.